The molecule has 0 aromatic heterocycles. The quantitative estimate of drug-likeness (QED) is 0.668. The predicted octanol–water partition coefficient (Wildman–Crippen LogP) is 6.19. The zero-order valence-corrected chi connectivity index (χ0v) is 14.5. The molecule has 0 fully saturated rings. The highest BCUT2D eigenvalue weighted by Gasteiger charge is 2.11. The maximum absolute atomic E-state index is 6.22. The lowest BCUT2D eigenvalue weighted by atomic mass is 10.1. The Morgan fingerprint density at radius 1 is 1.00 bits per heavy atom. The summed E-state index contributed by atoms with van der Waals surface area (Å²) < 4.78 is 0. The predicted molar refractivity (Wildman–Crippen MR) is 93.0 cm³/mol. The molecule has 1 unspecified atom stereocenters. The van der Waals surface area contributed by atoms with Crippen LogP contribution in [0.2, 0.25) is 20.1 Å². The van der Waals surface area contributed by atoms with Crippen LogP contribution < -0.4 is 5.32 Å². The molecule has 2 rings (SSSR count). The molecule has 1 atom stereocenters. The smallest absolute Gasteiger partial charge is 0.0639 e. The average molecular weight is 363 g/mol. The molecule has 0 radical (unpaired) electrons. The van der Waals surface area contributed by atoms with Crippen LogP contribution in [-0.2, 0) is 6.42 Å². The minimum atomic E-state index is 0.113. The van der Waals surface area contributed by atoms with Gasteiger partial charge in [0, 0.05) is 16.1 Å². The van der Waals surface area contributed by atoms with E-state index in [-0.39, 0.29) is 6.04 Å². The highest BCUT2D eigenvalue weighted by Crippen LogP contribution is 2.29. The van der Waals surface area contributed by atoms with Crippen LogP contribution in [0.15, 0.2) is 36.4 Å². The zero-order valence-electron chi connectivity index (χ0n) is 11.5. The van der Waals surface area contributed by atoms with E-state index < -0.39 is 0 Å². The number of nitrogens with one attached hydrogen (secondary N) is 1. The van der Waals surface area contributed by atoms with Gasteiger partial charge < -0.3 is 5.32 Å². The van der Waals surface area contributed by atoms with Gasteiger partial charge in [-0.05, 0) is 49.2 Å². The lowest BCUT2D eigenvalue weighted by molar-refractivity contribution is 0.577. The molecule has 0 saturated carbocycles. The van der Waals surface area contributed by atoms with Crippen molar-refractivity contribution in [1.29, 1.82) is 0 Å². The Balaban J connectivity index is 1.95. The summed E-state index contributed by atoms with van der Waals surface area (Å²) in [4.78, 5) is 0. The van der Waals surface area contributed by atoms with Gasteiger partial charge in [0.1, 0.15) is 0 Å². The van der Waals surface area contributed by atoms with Gasteiger partial charge in [0.2, 0.25) is 0 Å². The minimum Gasteiger partial charge on any atom is -0.310 e. The molecule has 5 heteroatoms. The molecule has 2 aromatic carbocycles. The molecule has 21 heavy (non-hydrogen) atoms. The molecule has 0 spiro atoms. The molecule has 1 nitrogen and oxygen atoms in total. The molecular weight excluding hydrogens is 348 g/mol. The molecule has 0 aliphatic heterocycles. The zero-order chi connectivity index (χ0) is 15.4. The van der Waals surface area contributed by atoms with E-state index in [4.69, 9.17) is 46.4 Å². The third-order valence-electron chi connectivity index (χ3n) is 3.31. The fourth-order valence-corrected chi connectivity index (χ4v) is 3.09. The molecule has 0 saturated heterocycles. The molecular formula is C16H15Cl4N. The summed E-state index contributed by atoms with van der Waals surface area (Å²) in [5.74, 6) is 0. The van der Waals surface area contributed by atoms with Gasteiger partial charge in [0.15, 0.2) is 0 Å². The summed E-state index contributed by atoms with van der Waals surface area (Å²) in [5, 5.41) is 5.94. The Bertz CT molecular complexity index is 628. The highest BCUT2D eigenvalue weighted by atomic mass is 35.5. The van der Waals surface area contributed by atoms with Crippen LogP contribution in [0.3, 0.4) is 0 Å². The van der Waals surface area contributed by atoms with E-state index in [1.165, 1.54) is 0 Å². The van der Waals surface area contributed by atoms with Gasteiger partial charge in [0.25, 0.3) is 0 Å². The summed E-state index contributed by atoms with van der Waals surface area (Å²) in [5.41, 5.74) is 2.06. The van der Waals surface area contributed by atoms with Crippen molar-refractivity contribution >= 4 is 46.4 Å². The van der Waals surface area contributed by atoms with Crippen LogP contribution >= 0.6 is 46.4 Å². The van der Waals surface area contributed by atoms with Crippen LogP contribution in [0.4, 0.5) is 0 Å². The minimum absolute atomic E-state index is 0.113. The Morgan fingerprint density at radius 3 is 2.48 bits per heavy atom. The van der Waals surface area contributed by atoms with Crippen molar-refractivity contribution in [2.24, 2.45) is 0 Å². The number of halogens is 4. The molecule has 1 N–H and O–H groups in total. The molecule has 0 aliphatic rings. The molecule has 0 amide bonds. The SMILES string of the molecule is CC(NCCc1ccc(Cl)cc1Cl)c1cccc(Cl)c1Cl. The first-order valence-corrected chi connectivity index (χ1v) is 8.11. The van der Waals surface area contributed by atoms with Crippen molar-refractivity contribution in [3.8, 4) is 0 Å². The summed E-state index contributed by atoms with van der Waals surface area (Å²) in [6, 6.07) is 11.3. The van der Waals surface area contributed by atoms with E-state index in [9.17, 15) is 0 Å². The van der Waals surface area contributed by atoms with Crippen molar-refractivity contribution in [3.05, 3.63) is 67.6 Å². The second-order valence-electron chi connectivity index (χ2n) is 4.80. The van der Waals surface area contributed by atoms with Crippen molar-refractivity contribution in [1.82, 2.24) is 5.32 Å². The number of rotatable bonds is 5. The molecule has 112 valence electrons. The van der Waals surface area contributed by atoms with Gasteiger partial charge >= 0.3 is 0 Å². The fraction of sp³-hybridized carbons (Fsp3) is 0.250. The van der Waals surface area contributed by atoms with E-state index in [1.807, 2.05) is 24.3 Å². The van der Waals surface area contributed by atoms with Crippen molar-refractivity contribution in [2.75, 3.05) is 6.54 Å². The van der Waals surface area contributed by atoms with Crippen LogP contribution in [0, 0.1) is 0 Å². The van der Waals surface area contributed by atoms with Gasteiger partial charge in [-0.3, -0.25) is 0 Å². The maximum Gasteiger partial charge on any atom is 0.0639 e. The third kappa shape index (κ3) is 4.51. The Hall–Kier alpha value is -0.440. The van der Waals surface area contributed by atoms with Gasteiger partial charge in [-0.2, -0.15) is 0 Å². The highest BCUT2D eigenvalue weighted by molar-refractivity contribution is 6.42. The van der Waals surface area contributed by atoms with Crippen LogP contribution in [-0.4, -0.2) is 6.54 Å². The lowest BCUT2D eigenvalue weighted by Crippen LogP contribution is -2.21. The second kappa shape index (κ2) is 7.71. The maximum atomic E-state index is 6.22. The van der Waals surface area contributed by atoms with Crippen LogP contribution in [0.5, 0.6) is 0 Å². The standard InChI is InChI=1S/C16H15Cl4N/c1-10(13-3-2-4-14(18)16(13)20)21-8-7-11-5-6-12(17)9-15(11)19/h2-6,9-10,21H,7-8H2,1H3. The fourth-order valence-electron chi connectivity index (χ4n) is 2.11. The van der Waals surface area contributed by atoms with E-state index in [0.29, 0.717) is 20.1 Å². The van der Waals surface area contributed by atoms with Gasteiger partial charge in [0.05, 0.1) is 10.0 Å². The Labute approximate surface area is 145 Å². The number of benzene rings is 2. The normalized spacial score (nSPS) is 12.4. The molecule has 0 bridgehead atoms. The van der Waals surface area contributed by atoms with Crippen LogP contribution in [0.1, 0.15) is 24.1 Å². The monoisotopic (exact) mass is 361 g/mol. The molecule has 0 heterocycles. The number of hydrogen-bond donors (Lipinski definition) is 1. The third-order valence-corrected chi connectivity index (χ3v) is 4.73. The van der Waals surface area contributed by atoms with Gasteiger partial charge in [-0.1, -0.05) is 64.6 Å². The Morgan fingerprint density at radius 2 is 1.76 bits per heavy atom. The van der Waals surface area contributed by atoms with E-state index in [1.54, 1.807) is 12.1 Å². The largest absolute Gasteiger partial charge is 0.310 e. The van der Waals surface area contributed by atoms with E-state index in [2.05, 4.69) is 12.2 Å². The lowest BCUT2D eigenvalue weighted by Gasteiger charge is -2.16. The van der Waals surface area contributed by atoms with Crippen molar-refractivity contribution < 1.29 is 0 Å². The summed E-state index contributed by atoms with van der Waals surface area (Å²) >= 11 is 24.3. The van der Waals surface area contributed by atoms with E-state index >= 15 is 0 Å². The van der Waals surface area contributed by atoms with E-state index in [0.717, 1.165) is 24.1 Å². The van der Waals surface area contributed by atoms with Crippen LogP contribution in [0.25, 0.3) is 0 Å². The van der Waals surface area contributed by atoms with Crippen molar-refractivity contribution in [3.63, 3.8) is 0 Å². The second-order valence-corrected chi connectivity index (χ2v) is 6.43. The van der Waals surface area contributed by atoms with Gasteiger partial charge in [-0.15, -0.1) is 0 Å². The first kappa shape index (κ1) is 16.9. The summed E-state index contributed by atoms with van der Waals surface area (Å²) in [6.07, 6.45) is 0.818. The molecule has 2 aromatic rings. The first-order valence-electron chi connectivity index (χ1n) is 6.60. The number of hydrogen-bond acceptors (Lipinski definition) is 1. The summed E-state index contributed by atoms with van der Waals surface area (Å²) in [6.45, 7) is 2.84. The molecule has 0 aliphatic carbocycles. The first-order chi connectivity index (χ1) is 9.99. The average Bonchev–Trinajstić information content (AvgIpc) is 2.44. The van der Waals surface area contributed by atoms with Gasteiger partial charge in [-0.25, -0.2) is 0 Å². The Kier molecular flexibility index (Phi) is 6.21. The summed E-state index contributed by atoms with van der Waals surface area (Å²) in [7, 11) is 0. The topological polar surface area (TPSA) is 12.0 Å². The van der Waals surface area contributed by atoms with Crippen molar-refractivity contribution in [2.45, 2.75) is 19.4 Å².